The lowest BCUT2D eigenvalue weighted by molar-refractivity contribution is 0.622. The fraction of sp³-hybridized carbons (Fsp3) is 0.562. The quantitative estimate of drug-likeness (QED) is 0.556. The van der Waals surface area contributed by atoms with Crippen LogP contribution in [0.5, 0.6) is 0 Å². The lowest BCUT2D eigenvalue weighted by atomic mass is 10.1. The minimum atomic E-state index is 0.760. The molecule has 0 atom stereocenters. The molecule has 0 unspecified atom stereocenters. The van der Waals surface area contributed by atoms with Gasteiger partial charge in [-0.2, -0.15) is 0 Å². The lowest BCUT2D eigenvalue weighted by Crippen LogP contribution is -2.35. The van der Waals surface area contributed by atoms with Crippen molar-refractivity contribution in [2.45, 2.75) is 52.5 Å². The van der Waals surface area contributed by atoms with Crippen LogP contribution in [0.2, 0.25) is 0 Å². The molecule has 1 aromatic carbocycles. The third kappa shape index (κ3) is 7.83. The maximum absolute atomic E-state index is 5.26. The van der Waals surface area contributed by atoms with E-state index in [0.717, 1.165) is 18.2 Å². The predicted octanol–water partition coefficient (Wildman–Crippen LogP) is 3.93. The molecule has 0 heterocycles. The van der Waals surface area contributed by atoms with Gasteiger partial charge in [0, 0.05) is 13.1 Å². The van der Waals surface area contributed by atoms with Crippen LogP contribution in [0, 0.1) is 6.92 Å². The summed E-state index contributed by atoms with van der Waals surface area (Å²) in [5, 5.41) is 7.26. The maximum atomic E-state index is 5.26. The minimum Gasteiger partial charge on any atom is -0.363 e. The number of hydrogen-bond donors (Lipinski definition) is 2. The number of nitrogens with one attached hydrogen (secondary N) is 2. The Bertz CT molecular complexity index is 360. The highest BCUT2D eigenvalue weighted by atomic mass is 32.1. The van der Waals surface area contributed by atoms with Crippen LogP contribution < -0.4 is 10.6 Å². The van der Waals surface area contributed by atoms with Gasteiger partial charge in [-0.05, 0) is 31.1 Å². The Morgan fingerprint density at radius 2 is 1.68 bits per heavy atom. The Morgan fingerprint density at radius 1 is 1.00 bits per heavy atom. The van der Waals surface area contributed by atoms with Crippen molar-refractivity contribution in [2.24, 2.45) is 0 Å². The molecule has 2 N–H and O–H groups in total. The van der Waals surface area contributed by atoms with Gasteiger partial charge in [0.25, 0.3) is 0 Å². The molecule has 0 aliphatic carbocycles. The summed E-state index contributed by atoms with van der Waals surface area (Å²) in [4.78, 5) is 0. The molecule has 0 saturated heterocycles. The van der Waals surface area contributed by atoms with E-state index in [-0.39, 0.29) is 0 Å². The molecular formula is C16H26N2S. The topological polar surface area (TPSA) is 24.1 Å². The van der Waals surface area contributed by atoms with Gasteiger partial charge in [0.2, 0.25) is 0 Å². The summed E-state index contributed by atoms with van der Waals surface area (Å²) in [7, 11) is 0. The third-order valence-corrected chi connectivity index (χ3v) is 3.43. The highest BCUT2D eigenvalue weighted by Crippen LogP contribution is 2.03. The van der Waals surface area contributed by atoms with E-state index in [1.165, 1.54) is 43.2 Å². The van der Waals surface area contributed by atoms with E-state index in [1.807, 2.05) is 0 Å². The minimum absolute atomic E-state index is 0.760. The van der Waals surface area contributed by atoms with Crippen molar-refractivity contribution in [3.8, 4) is 0 Å². The number of benzene rings is 1. The van der Waals surface area contributed by atoms with Crippen molar-refractivity contribution < 1.29 is 0 Å². The predicted molar refractivity (Wildman–Crippen MR) is 87.4 cm³/mol. The molecule has 2 nitrogen and oxygen atoms in total. The Hall–Kier alpha value is -1.09. The molecule has 19 heavy (non-hydrogen) atoms. The third-order valence-electron chi connectivity index (χ3n) is 3.14. The van der Waals surface area contributed by atoms with Gasteiger partial charge in [-0.3, -0.25) is 0 Å². The summed E-state index contributed by atoms with van der Waals surface area (Å²) in [5.41, 5.74) is 2.55. The van der Waals surface area contributed by atoms with Crippen LogP contribution in [0.15, 0.2) is 24.3 Å². The summed E-state index contributed by atoms with van der Waals surface area (Å²) < 4.78 is 0. The Kier molecular flexibility index (Phi) is 8.23. The van der Waals surface area contributed by atoms with Crippen LogP contribution in [0.3, 0.4) is 0 Å². The van der Waals surface area contributed by atoms with E-state index in [9.17, 15) is 0 Å². The van der Waals surface area contributed by atoms with Crippen LogP contribution in [0.4, 0.5) is 0 Å². The number of aryl methyl sites for hydroxylation is 1. The first-order valence-corrected chi connectivity index (χ1v) is 7.70. The Morgan fingerprint density at radius 3 is 2.37 bits per heavy atom. The molecule has 0 saturated carbocycles. The Labute approximate surface area is 123 Å². The SMILES string of the molecule is CCCCCCCNC(=S)NCc1ccc(C)cc1. The summed E-state index contributed by atoms with van der Waals surface area (Å²) in [6, 6.07) is 8.52. The second kappa shape index (κ2) is 9.79. The molecule has 0 spiro atoms. The molecule has 0 radical (unpaired) electrons. The standard InChI is InChI=1S/C16H26N2S/c1-3-4-5-6-7-12-17-16(19)18-13-15-10-8-14(2)9-11-15/h8-11H,3-7,12-13H2,1-2H3,(H2,17,18,19). The number of unbranched alkanes of at least 4 members (excludes halogenated alkanes) is 4. The average molecular weight is 278 g/mol. The monoisotopic (exact) mass is 278 g/mol. The van der Waals surface area contributed by atoms with Crippen LogP contribution in [-0.2, 0) is 6.54 Å². The molecule has 0 bridgehead atoms. The first-order valence-electron chi connectivity index (χ1n) is 7.29. The summed E-state index contributed by atoms with van der Waals surface area (Å²) in [6.45, 7) is 6.11. The van der Waals surface area contributed by atoms with Crippen LogP contribution >= 0.6 is 12.2 Å². The molecule has 0 fully saturated rings. The first kappa shape index (κ1) is 16.0. The maximum Gasteiger partial charge on any atom is 0.166 e. The van der Waals surface area contributed by atoms with Gasteiger partial charge in [0.1, 0.15) is 0 Å². The van der Waals surface area contributed by atoms with E-state index in [1.54, 1.807) is 0 Å². The molecule has 1 rings (SSSR count). The Balaban J connectivity index is 2.06. The van der Waals surface area contributed by atoms with Crippen molar-refractivity contribution in [2.75, 3.05) is 6.54 Å². The zero-order valence-corrected chi connectivity index (χ0v) is 13.0. The molecule has 106 valence electrons. The fourth-order valence-corrected chi connectivity index (χ4v) is 2.06. The zero-order chi connectivity index (χ0) is 13.9. The van der Waals surface area contributed by atoms with Crippen molar-refractivity contribution in [3.05, 3.63) is 35.4 Å². The van der Waals surface area contributed by atoms with Crippen molar-refractivity contribution in [1.29, 1.82) is 0 Å². The van der Waals surface area contributed by atoms with Gasteiger partial charge in [0.15, 0.2) is 5.11 Å². The van der Waals surface area contributed by atoms with Crippen molar-refractivity contribution in [1.82, 2.24) is 10.6 Å². The molecule has 0 aliphatic rings. The number of hydrogen-bond acceptors (Lipinski definition) is 1. The smallest absolute Gasteiger partial charge is 0.166 e. The van der Waals surface area contributed by atoms with Crippen LogP contribution in [-0.4, -0.2) is 11.7 Å². The summed E-state index contributed by atoms with van der Waals surface area (Å²) in [6.07, 6.45) is 6.47. The molecular weight excluding hydrogens is 252 g/mol. The van der Waals surface area contributed by atoms with Gasteiger partial charge in [0.05, 0.1) is 0 Å². The molecule has 3 heteroatoms. The van der Waals surface area contributed by atoms with Gasteiger partial charge in [-0.25, -0.2) is 0 Å². The van der Waals surface area contributed by atoms with Gasteiger partial charge >= 0.3 is 0 Å². The zero-order valence-electron chi connectivity index (χ0n) is 12.2. The van der Waals surface area contributed by atoms with E-state index < -0.39 is 0 Å². The van der Waals surface area contributed by atoms with Gasteiger partial charge < -0.3 is 10.6 Å². The molecule has 0 aromatic heterocycles. The van der Waals surface area contributed by atoms with Gasteiger partial charge in [-0.15, -0.1) is 0 Å². The number of rotatable bonds is 8. The number of thiocarbonyl (C=S) groups is 1. The van der Waals surface area contributed by atoms with E-state index in [4.69, 9.17) is 12.2 Å². The lowest BCUT2D eigenvalue weighted by Gasteiger charge is -2.10. The van der Waals surface area contributed by atoms with Gasteiger partial charge in [-0.1, -0.05) is 62.4 Å². The molecule has 0 amide bonds. The van der Waals surface area contributed by atoms with Crippen LogP contribution in [0.1, 0.15) is 50.2 Å². The highest BCUT2D eigenvalue weighted by Gasteiger charge is 1.96. The van der Waals surface area contributed by atoms with Crippen molar-refractivity contribution in [3.63, 3.8) is 0 Å². The van der Waals surface area contributed by atoms with E-state index in [0.29, 0.717) is 0 Å². The summed E-state index contributed by atoms with van der Waals surface area (Å²) >= 11 is 5.26. The fourth-order valence-electron chi connectivity index (χ4n) is 1.88. The molecule has 0 aliphatic heterocycles. The normalized spacial score (nSPS) is 10.2. The summed E-state index contributed by atoms with van der Waals surface area (Å²) in [5.74, 6) is 0. The first-order chi connectivity index (χ1) is 9.22. The second-order valence-electron chi connectivity index (χ2n) is 5.01. The highest BCUT2D eigenvalue weighted by molar-refractivity contribution is 7.80. The van der Waals surface area contributed by atoms with Crippen molar-refractivity contribution >= 4 is 17.3 Å². The van der Waals surface area contributed by atoms with E-state index >= 15 is 0 Å². The van der Waals surface area contributed by atoms with E-state index in [2.05, 4.69) is 48.7 Å². The molecule has 1 aromatic rings. The second-order valence-corrected chi connectivity index (χ2v) is 5.42. The largest absolute Gasteiger partial charge is 0.363 e. The average Bonchev–Trinajstić information content (AvgIpc) is 2.42. The van der Waals surface area contributed by atoms with Crippen LogP contribution in [0.25, 0.3) is 0 Å².